The summed E-state index contributed by atoms with van der Waals surface area (Å²) in [5.74, 6) is 0.00508. The van der Waals surface area contributed by atoms with Gasteiger partial charge in [0, 0.05) is 12.6 Å². The number of aliphatic hydroxyl groups excluding tert-OH is 1. The van der Waals surface area contributed by atoms with Gasteiger partial charge in [-0.2, -0.15) is 9.29 Å². The maximum Gasteiger partial charge on any atom is 0.481 e. The van der Waals surface area contributed by atoms with Gasteiger partial charge in [0.25, 0.3) is 0 Å². The summed E-state index contributed by atoms with van der Waals surface area (Å²) in [6.07, 6.45) is -1.97. The van der Waals surface area contributed by atoms with E-state index in [1.807, 2.05) is 0 Å². The van der Waals surface area contributed by atoms with Gasteiger partial charge in [-0.25, -0.2) is 13.9 Å². The van der Waals surface area contributed by atoms with Crippen LogP contribution in [-0.4, -0.2) is 48.2 Å². The summed E-state index contributed by atoms with van der Waals surface area (Å²) >= 11 is 0. The van der Waals surface area contributed by atoms with E-state index in [4.69, 9.17) is 25.2 Å². The first-order valence-corrected chi connectivity index (χ1v) is 9.42. The molecular weight excluding hydrogens is 375 g/mol. The number of phosphoric acid groups is 2. The van der Waals surface area contributed by atoms with E-state index < -0.39 is 46.4 Å². The molecule has 1 aromatic heterocycles. The van der Waals surface area contributed by atoms with Gasteiger partial charge in [0.2, 0.25) is 0 Å². The fraction of sp³-hybridized carbons (Fsp3) is 0.556. The van der Waals surface area contributed by atoms with Crippen LogP contribution in [0.2, 0.25) is 0 Å². The van der Waals surface area contributed by atoms with E-state index in [1.54, 1.807) is 0 Å². The molecular formula is C9H15N3O10P2. The van der Waals surface area contributed by atoms with Crippen LogP contribution < -0.4 is 11.4 Å². The fourth-order valence-corrected chi connectivity index (χ4v) is 3.61. The Labute approximate surface area is 134 Å². The Morgan fingerprint density at radius 1 is 1.42 bits per heavy atom. The highest BCUT2D eigenvalue weighted by molar-refractivity contribution is 7.60. The minimum absolute atomic E-state index is 0.00508. The van der Waals surface area contributed by atoms with Crippen LogP contribution in [0.5, 0.6) is 0 Å². The second-order valence-electron chi connectivity index (χ2n) is 4.81. The molecule has 1 unspecified atom stereocenters. The molecule has 0 spiro atoms. The highest BCUT2D eigenvalue weighted by Gasteiger charge is 2.39. The van der Waals surface area contributed by atoms with E-state index >= 15 is 0 Å². The van der Waals surface area contributed by atoms with Gasteiger partial charge < -0.3 is 30.3 Å². The first-order chi connectivity index (χ1) is 11.0. The lowest BCUT2D eigenvalue weighted by Gasteiger charge is -2.18. The summed E-state index contributed by atoms with van der Waals surface area (Å²) in [5.41, 5.74) is 4.64. The minimum atomic E-state index is -5.24. The van der Waals surface area contributed by atoms with Crippen molar-refractivity contribution in [1.82, 2.24) is 9.55 Å². The Bertz CT molecular complexity index is 747. The smallest absolute Gasteiger partial charge is 0.390 e. The summed E-state index contributed by atoms with van der Waals surface area (Å²) in [6.45, 7) is -0.706. The van der Waals surface area contributed by atoms with Gasteiger partial charge in [-0.15, -0.1) is 0 Å². The third kappa shape index (κ3) is 5.18. The number of nitrogen functional groups attached to an aromatic ring is 1. The van der Waals surface area contributed by atoms with Crippen LogP contribution in [0.15, 0.2) is 17.1 Å². The SMILES string of the molecule is Nc1cc[15n]([C@H]2C[C@H](O)[C@@H](COP(=O)(O)OP(=O)(O)O)O2)[13c](=O)[15n]1. The second-order valence-corrected chi connectivity index (χ2v) is 7.64. The number of phosphoric ester groups is 1. The number of rotatable bonds is 6. The van der Waals surface area contributed by atoms with Crippen molar-refractivity contribution in [1.29, 1.82) is 0 Å². The number of nitrogens with zero attached hydrogens (tertiary/aromatic N) is 2. The zero-order valence-corrected chi connectivity index (χ0v) is 13.7. The van der Waals surface area contributed by atoms with E-state index in [-0.39, 0.29) is 12.2 Å². The predicted molar refractivity (Wildman–Crippen MR) is 76.3 cm³/mol. The molecule has 2 rings (SSSR count). The molecule has 0 aromatic carbocycles. The summed E-state index contributed by atoms with van der Waals surface area (Å²) < 4.78 is 36.2. The summed E-state index contributed by atoms with van der Waals surface area (Å²) in [7, 11) is -10.3. The van der Waals surface area contributed by atoms with Crippen molar-refractivity contribution in [3.63, 3.8) is 0 Å². The van der Waals surface area contributed by atoms with E-state index in [0.29, 0.717) is 0 Å². The molecule has 1 aromatic rings. The van der Waals surface area contributed by atoms with Gasteiger partial charge in [-0.05, 0) is 6.07 Å². The number of anilines is 1. The third-order valence-corrected chi connectivity index (χ3v) is 5.13. The molecule has 136 valence electrons. The molecule has 0 amide bonds. The largest absolute Gasteiger partial charge is 0.481 e. The lowest BCUT2D eigenvalue weighted by molar-refractivity contribution is -0.0449. The van der Waals surface area contributed by atoms with Crippen LogP contribution in [0, 0.1) is 0 Å². The molecule has 15 heteroatoms. The molecule has 1 saturated heterocycles. The van der Waals surface area contributed by atoms with Crippen LogP contribution in [-0.2, 0) is 22.7 Å². The number of ether oxygens (including phenoxy) is 1. The van der Waals surface area contributed by atoms with Crippen molar-refractivity contribution in [3.8, 4) is 0 Å². The van der Waals surface area contributed by atoms with Crippen molar-refractivity contribution in [2.45, 2.75) is 24.9 Å². The fourth-order valence-electron chi connectivity index (χ4n) is 2.01. The van der Waals surface area contributed by atoms with Crippen LogP contribution in [0.4, 0.5) is 5.82 Å². The first-order valence-electron chi connectivity index (χ1n) is 6.39. The van der Waals surface area contributed by atoms with Gasteiger partial charge in [0.05, 0.1) is 12.7 Å². The van der Waals surface area contributed by atoms with Crippen LogP contribution in [0.1, 0.15) is 12.6 Å². The third-order valence-electron chi connectivity index (χ3n) is 2.98. The Morgan fingerprint density at radius 3 is 2.67 bits per heavy atom. The number of hydrogen-bond donors (Lipinski definition) is 5. The predicted octanol–water partition coefficient (Wildman–Crippen LogP) is -1.30. The van der Waals surface area contributed by atoms with Crippen LogP contribution in [0.3, 0.4) is 0 Å². The zero-order valence-electron chi connectivity index (χ0n) is 11.9. The highest BCUT2D eigenvalue weighted by atomic mass is 31.3. The average Bonchev–Trinajstić information content (AvgIpc) is 2.75. The van der Waals surface area contributed by atoms with Crippen molar-refractivity contribution in [2.75, 3.05) is 12.3 Å². The van der Waals surface area contributed by atoms with Crippen molar-refractivity contribution in [3.05, 3.63) is 22.7 Å². The Morgan fingerprint density at radius 2 is 2.08 bits per heavy atom. The van der Waals surface area contributed by atoms with E-state index in [0.717, 1.165) is 4.57 Å². The standard InChI is InChI=1S/C9H15N3O10P2/c10-7-1-2-12(9(14)11-7)8-3-5(13)6(21-8)4-20-24(18,19)22-23(15,16)17/h1-2,5-6,8,13H,3-4H2,(H,18,19)(H2,10,11,14)(H2,15,16,17)/t5-,6+,8+/m0/s1/i9+1,11+1,12+1. The van der Waals surface area contributed by atoms with Gasteiger partial charge in [-0.1, -0.05) is 0 Å². The zero-order chi connectivity index (χ0) is 18.1. The monoisotopic (exact) mass is 390 g/mol. The highest BCUT2D eigenvalue weighted by Crippen LogP contribution is 2.57. The van der Waals surface area contributed by atoms with Crippen molar-refractivity contribution >= 4 is 21.5 Å². The normalized spacial score (nSPS) is 27.1. The first kappa shape index (κ1) is 19.2. The molecule has 0 bridgehead atoms. The maximum absolute atomic E-state index is 11.7. The summed E-state index contributed by atoms with van der Waals surface area (Å²) in [5, 5.41) is 9.86. The average molecular weight is 390 g/mol. The molecule has 1 aliphatic heterocycles. The molecule has 0 saturated carbocycles. The number of aliphatic hydroxyl groups is 1. The van der Waals surface area contributed by atoms with Crippen molar-refractivity contribution < 1.29 is 42.5 Å². The molecule has 1 aliphatic rings. The molecule has 6 N–H and O–H groups in total. The molecule has 1 fully saturated rings. The van der Waals surface area contributed by atoms with E-state index in [2.05, 4.69) is 13.8 Å². The molecule has 0 radical (unpaired) electrons. The lowest BCUT2D eigenvalue weighted by atomic mass is 10.2. The van der Waals surface area contributed by atoms with E-state index in [1.165, 1.54) is 12.3 Å². The molecule has 2 heterocycles. The van der Waals surface area contributed by atoms with Gasteiger partial charge in [-0.3, -0.25) is 9.09 Å². The summed E-state index contributed by atoms with van der Waals surface area (Å²) in [4.78, 5) is 41.3. The van der Waals surface area contributed by atoms with Crippen LogP contribution >= 0.6 is 15.6 Å². The van der Waals surface area contributed by atoms with Gasteiger partial charge in [0.15, 0.2) is 0 Å². The van der Waals surface area contributed by atoms with E-state index in [9.17, 15) is 19.0 Å². The van der Waals surface area contributed by atoms with Crippen molar-refractivity contribution in [2.24, 2.45) is 0 Å². The minimum Gasteiger partial charge on any atom is -0.390 e. The topological polar surface area (TPSA) is 204 Å². The van der Waals surface area contributed by atoms with Gasteiger partial charge in [0.1, 0.15) is 18.1 Å². The molecule has 24 heavy (non-hydrogen) atoms. The summed E-state index contributed by atoms with van der Waals surface area (Å²) in [6, 6.07) is 1.34. The Kier molecular flexibility index (Phi) is 5.60. The number of nitrogens with two attached hydrogens (primary N) is 1. The maximum atomic E-state index is 11.7. The quantitative estimate of drug-likeness (QED) is 0.360. The number of aromatic nitrogens is 2. The molecule has 0 aliphatic carbocycles. The van der Waals surface area contributed by atoms with Gasteiger partial charge >= 0.3 is 21.3 Å². The van der Waals surface area contributed by atoms with Crippen LogP contribution in [0.25, 0.3) is 0 Å². The second kappa shape index (κ2) is 7.00. The molecule has 4 atom stereocenters. The number of hydrogen-bond acceptors (Lipinski definition) is 9. The Balaban J connectivity index is 2.00. The molecule has 13 nitrogen and oxygen atoms in total. The Hall–Kier alpha value is -1.14. The lowest BCUT2D eigenvalue weighted by Crippen LogP contribution is -2.28.